The molecule has 0 aliphatic heterocycles. The number of unbranched alkanes of at least 4 members (excludes halogenated alkanes) is 2. The van der Waals surface area contributed by atoms with E-state index in [1.165, 1.54) is 12.1 Å². The summed E-state index contributed by atoms with van der Waals surface area (Å²) in [6.45, 7) is 9.28. The fraction of sp³-hybridized carbons (Fsp3) is 0.311. The van der Waals surface area contributed by atoms with Crippen molar-refractivity contribution in [2.24, 2.45) is 0 Å². The van der Waals surface area contributed by atoms with Crippen molar-refractivity contribution < 1.29 is 34.4 Å². The third kappa shape index (κ3) is 10.7. The molecule has 0 amide bonds. The normalized spacial score (nSPS) is 13.2. The Morgan fingerprint density at radius 3 is 1.61 bits per heavy atom. The molecule has 0 saturated heterocycles. The summed E-state index contributed by atoms with van der Waals surface area (Å²) in [4.78, 5) is 2.39. The molecular formula is C45H52N2O7S3. The van der Waals surface area contributed by atoms with Gasteiger partial charge >= 0.3 is 0 Å². The van der Waals surface area contributed by atoms with Crippen LogP contribution >= 0.6 is 0 Å². The van der Waals surface area contributed by atoms with E-state index in [1.807, 2.05) is 86.7 Å². The predicted molar refractivity (Wildman–Crippen MR) is 229 cm³/mol. The molecule has 0 unspecified atom stereocenters. The summed E-state index contributed by atoms with van der Waals surface area (Å²) >= 11 is 0. The first-order valence-corrected chi connectivity index (χ1v) is 24.3. The number of allylic oxidation sites excluding steroid dienone is 5. The van der Waals surface area contributed by atoms with Gasteiger partial charge in [0.25, 0.3) is 0 Å². The Morgan fingerprint density at radius 2 is 1.11 bits per heavy atom. The predicted octanol–water partition coefficient (Wildman–Crippen LogP) is 9.41. The number of hydrogen-bond donors (Lipinski definition) is 0. The van der Waals surface area contributed by atoms with Crippen LogP contribution in [0.4, 0.5) is 17.1 Å². The van der Waals surface area contributed by atoms with E-state index in [9.17, 15) is 29.8 Å². The highest BCUT2D eigenvalue weighted by Gasteiger charge is 2.22. The molecule has 0 aromatic heterocycles. The number of hydrogen-bond acceptors (Lipinski definition) is 8. The molecule has 0 spiro atoms. The van der Waals surface area contributed by atoms with Crippen molar-refractivity contribution >= 4 is 58.1 Å². The second-order valence-electron chi connectivity index (χ2n) is 14.1. The number of benzene rings is 4. The van der Waals surface area contributed by atoms with Gasteiger partial charge in [-0.15, -0.1) is 0 Å². The third-order valence-electron chi connectivity index (χ3n) is 9.79. The minimum absolute atomic E-state index is 0.0873. The second kappa shape index (κ2) is 19.2. The van der Waals surface area contributed by atoms with Gasteiger partial charge in [-0.1, -0.05) is 70.9 Å². The van der Waals surface area contributed by atoms with E-state index in [1.54, 1.807) is 36.4 Å². The van der Waals surface area contributed by atoms with Crippen LogP contribution in [0.15, 0.2) is 142 Å². The van der Waals surface area contributed by atoms with Crippen molar-refractivity contribution in [2.45, 2.75) is 80.9 Å². The number of sulfone groups is 2. The first kappa shape index (κ1) is 43.5. The average Bonchev–Trinajstić information content (AvgIpc) is 3.19. The molecule has 12 heteroatoms. The minimum Gasteiger partial charge on any atom is -0.744 e. The van der Waals surface area contributed by atoms with Crippen molar-refractivity contribution in [1.82, 2.24) is 0 Å². The van der Waals surface area contributed by atoms with E-state index < -0.39 is 29.8 Å². The second-order valence-corrected chi connectivity index (χ2v) is 19.6. The molecule has 4 aromatic carbocycles. The highest BCUT2D eigenvalue weighted by atomic mass is 32.2. The fourth-order valence-corrected chi connectivity index (χ4v) is 10.2. The molecule has 9 nitrogen and oxygen atoms in total. The molecule has 57 heavy (non-hydrogen) atoms. The maximum Gasteiger partial charge on any atom is 0.205 e. The van der Waals surface area contributed by atoms with E-state index in [0.29, 0.717) is 52.4 Å². The molecule has 0 bridgehead atoms. The van der Waals surface area contributed by atoms with Gasteiger partial charge in [0.15, 0.2) is 19.7 Å². The maximum atomic E-state index is 12.7. The Morgan fingerprint density at radius 1 is 0.596 bits per heavy atom. The summed E-state index contributed by atoms with van der Waals surface area (Å²) < 4.78 is 90.8. The van der Waals surface area contributed by atoms with Gasteiger partial charge in [-0.3, -0.25) is 0 Å². The lowest BCUT2D eigenvalue weighted by Gasteiger charge is -2.26. The Balaban J connectivity index is 1.60. The van der Waals surface area contributed by atoms with Crippen molar-refractivity contribution in [3.05, 3.63) is 138 Å². The Kier molecular flexibility index (Phi) is 14.7. The molecule has 0 saturated carbocycles. The van der Waals surface area contributed by atoms with Gasteiger partial charge in [0.2, 0.25) is 11.4 Å². The summed E-state index contributed by atoms with van der Waals surface area (Å²) in [7, 11) is -11.6. The quantitative estimate of drug-likeness (QED) is 0.0716. The van der Waals surface area contributed by atoms with Crippen molar-refractivity contribution in [3.63, 3.8) is 0 Å². The average molecular weight is 829 g/mol. The van der Waals surface area contributed by atoms with E-state index in [2.05, 4.69) is 23.3 Å². The molecule has 1 aliphatic rings. The standard InChI is InChI=1S/C45H52N2O7S3/c1-5-9-31-46(39-23-27-41(28-24-39)55(48,49)33-7-3)37-19-15-35(16-20-37)45(43-13-11-12-14-44(43)57(52,53)54)36-17-21-38(22-18-36)47(32-10-6-2)40-25-29-42(30-26-40)56(50,51)34-8-4/h11-30H,5-10,31-34H2,1-4H3. The maximum absolute atomic E-state index is 12.7. The van der Waals surface area contributed by atoms with E-state index >= 15 is 0 Å². The Hall–Kier alpha value is -4.62. The van der Waals surface area contributed by atoms with Gasteiger partial charge in [0, 0.05) is 54.2 Å². The van der Waals surface area contributed by atoms with Gasteiger partial charge in [-0.25, -0.2) is 25.3 Å². The summed E-state index contributed by atoms with van der Waals surface area (Å²) in [6.07, 6.45) is 12.5. The van der Waals surface area contributed by atoms with E-state index in [0.717, 1.165) is 48.5 Å². The SMILES string of the molecule is CCCCN(c1ccc(C(=C2C=CC(=[N+](CCCC)c3ccc(S(=O)(=O)CCC)cc3)C=C2)c2ccccc2S(=O)(=O)[O-])cc1)c1ccc(S(=O)(=O)CCC)cc1. The summed E-state index contributed by atoms with van der Waals surface area (Å²) in [5.41, 5.74) is 5.69. The molecule has 1 aliphatic carbocycles. The third-order valence-corrected chi connectivity index (χ3v) is 14.6. The fourth-order valence-electron chi connectivity index (χ4n) is 6.87. The van der Waals surface area contributed by atoms with Crippen molar-refractivity contribution in [1.29, 1.82) is 0 Å². The number of rotatable bonds is 18. The van der Waals surface area contributed by atoms with Crippen LogP contribution in [0.25, 0.3) is 5.57 Å². The van der Waals surface area contributed by atoms with E-state index in [4.69, 9.17) is 0 Å². The first-order valence-electron chi connectivity index (χ1n) is 19.6. The Labute approximate surface area is 339 Å². The Bertz CT molecular complexity index is 2470. The van der Waals surface area contributed by atoms with Gasteiger partial charge in [0.05, 0.1) is 26.2 Å². The lowest BCUT2D eigenvalue weighted by molar-refractivity contribution is -0.439. The highest BCUT2D eigenvalue weighted by Crippen LogP contribution is 2.36. The minimum atomic E-state index is -4.84. The van der Waals surface area contributed by atoms with Crippen LogP contribution < -0.4 is 4.90 Å². The lowest BCUT2D eigenvalue weighted by Crippen LogP contribution is -2.18. The van der Waals surface area contributed by atoms with Crippen molar-refractivity contribution in [2.75, 3.05) is 29.5 Å². The van der Waals surface area contributed by atoms with Crippen LogP contribution in [-0.4, -0.2) is 64.7 Å². The first-order chi connectivity index (χ1) is 27.2. The topological polar surface area (TPSA) is 132 Å². The summed E-state index contributed by atoms with van der Waals surface area (Å²) in [5, 5.41) is 0. The molecule has 0 radical (unpaired) electrons. The van der Waals surface area contributed by atoms with Crippen LogP contribution in [0.3, 0.4) is 0 Å². The van der Waals surface area contributed by atoms with Crippen LogP contribution in [0.1, 0.15) is 77.3 Å². The van der Waals surface area contributed by atoms with E-state index in [-0.39, 0.29) is 22.0 Å². The number of anilines is 2. The summed E-state index contributed by atoms with van der Waals surface area (Å²) in [6, 6.07) is 27.9. The zero-order chi connectivity index (χ0) is 41.2. The molecule has 0 fully saturated rings. The zero-order valence-corrected chi connectivity index (χ0v) is 35.5. The molecule has 0 atom stereocenters. The largest absolute Gasteiger partial charge is 0.744 e. The van der Waals surface area contributed by atoms with Gasteiger partial charge in [0.1, 0.15) is 16.7 Å². The summed E-state index contributed by atoms with van der Waals surface area (Å²) in [5.74, 6) is 0.175. The molecule has 0 heterocycles. The monoisotopic (exact) mass is 828 g/mol. The molecular weight excluding hydrogens is 777 g/mol. The van der Waals surface area contributed by atoms with Gasteiger partial charge < -0.3 is 9.45 Å². The highest BCUT2D eigenvalue weighted by molar-refractivity contribution is 7.91. The van der Waals surface area contributed by atoms with Gasteiger partial charge in [-0.2, -0.15) is 4.58 Å². The van der Waals surface area contributed by atoms with Crippen molar-refractivity contribution in [3.8, 4) is 0 Å². The molecule has 302 valence electrons. The smallest absolute Gasteiger partial charge is 0.205 e. The van der Waals surface area contributed by atoms with Gasteiger partial charge in [-0.05, 0) is 103 Å². The molecule has 0 N–H and O–H groups in total. The lowest BCUT2D eigenvalue weighted by atomic mass is 9.90. The molecule has 5 rings (SSSR count). The zero-order valence-electron chi connectivity index (χ0n) is 33.1. The number of nitrogens with zero attached hydrogens (tertiary/aromatic N) is 2. The molecule has 4 aromatic rings. The van der Waals surface area contributed by atoms with Crippen LogP contribution in [0.5, 0.6) is 0 Å². The van der Waals surface area contributed by atoms with Crippen LogP contribution in [0.2, 0.25) is 0 Å². The van der Waals surface area contributed by atoms with Crippen LogP contribution in [0, 0.1) is 0 Å². The van der Waals surface area contributed by atoms with Crippen LogP contribution in [-0.2, 0) is 29.8 Å².